The van der Waals surface area contributed by atoms with Crippen LogP contribution in [0.15, 0.2) is 24.3 Å². The van der Waals surface area contributed by atoms with Crippen molar-refractivity contribution in [1.82, 2.24) is 4.98 Å². The van der Waals surface area contributed by atoms with Gasteiger partial charge < -0.3 is 15.5 Å². The van der Waals surface area contributed by atoms with Crippen LogP contribution in [0, 0.1) is 17.5 Å². The van der Waals surface area contributed by atoms with Gasteiger partial charge in [0.05, 0.1) is 12.8 Å². The molecule has 0 aliphatic rings. The van der Waals surface area contributed by atoms with Crippen molar-refractivity contribution in [2.75, 3.05) is 17.9 Å². The molecule has 1 aromatic carbocycles. The summed E-state index contributed by atoms with van der Waals surface area (Å²) in [6, 6.07) is 4.24. The molecule has 2 aromatic rings. The van der Waals surface area contributed by atoms with E-state index < -0.39 is 17.5 Å². The Morgan fingerprint density at radius 1 is 1.10 bits per heavy atom. The maximum atomic E-state index is 13.6. The zero-order valence-corrected chi connectivity index (χ0v) is 10.4. The molecule has 0 atom stereocenters. The zero-order chi connectivity index (χ0) is 14.7. The monoisotopic (exact) mass is 284 g/mol. The van der Waals surface area contributed by atoms with Gasteiger partial charge in [0.2, 0.25) is 0 Å². The predicted octanol–water partition coefficient (Wildman–Crippen LogP) is 2.54. The van der Waals surface area contributed by atoms with E-state index in [4.69, 9.17) is 10.6 Å². The highest BCUT2D eigenvalue weighted by molar-refractivity contribution is 5.65. The van der Waals surface area contributed by atoms with Crippen LogP contribution in [-0.2, 0) is 0 Å². The summed E-state index contributed by atoms with van der Waals surface area (Å²) in [5.74, 6) is 2.25. The number of nitrogens with two attached hydrogens (primary N) is 1. The van der Waals surface area contributed by atoms with Crippen molar-refractivity contribution in [3.8, 4) is 5.75 Å². The number of ether oxygens (including phenoxy) is 1. The molecule has 8 heteroatoms. The molecular formula is C12H11F3N4O. The number of nitrogens with one attached hydrogen (secondary N) is 2. The lowest BCUT2D eigenvalue weighted by atomic mass is 10.2. The molecular weight excluding hydrogens is 273 g/mol. The first-order valence-electron chi connectivity index (χ1n) is 5.48. The highest BCUT2D eigenvalue weighted by atomic mass is 19.1. The van der Waals surface area contributed by atoms with Crippen LogP contribution in [0.4, 0.5) is 30.5 Å². The quantitative estimate of drug-likeness (QED) is 0.594. The smallest absolute Gasteiger partial charge is 0.178 e. The average Bonchev–Trinajstić information content (AvgIpc) is 2.43. The molecule has 1 aromatic heterocycles. The lowest BCUT2D eigenvalue weighted by Gasteiger charge is -2.12. The maximum Gasteiger partial charge on any atom is 0.178 e. The van der Waals surface area contributed by atoms with Gasteiger partial charge in [-0.1, -0.05) is 0 Å². The fourth-order valence-corrected chi connectivity index (χ4v) is 1.55. The van der Waals surface area contributed by atoms with E-state index in [1.54, 1.807) is 0 Å². The molecule has 0 unspecified atom stereocenters. The Morgan fingerprint density at radius 3 is 2.45 bits per heavy atom. The van der Waals surface area contributed by atoms with Gasteiger partial charge in [0.1, 0.15) is 11.6 Å². The summed E-state index contributed by atoms with van der Waals surface area (Å²) in [5, 5.41) is 2.58. The van der Waals surface area contributed by atoms with Crippen molar-refractivity contribution in [3.63, 3.8) is 0 Å². The number of rotatable bonds is 4. The van der Waals surface area contributed by atoms with E-state index in [0.717, 1.165) is 12.1 Å². The Balaban J connectivity index is 2.39. The molecule has 0 amide bonds. The largest absolute Gasteiger partial charge is 0.494 e. The summed E-state index contributed by atoms with van der Waals surface area (Å²) in [6.45, 7) is 0. The van der Waals surface area contributed by atoms with Crippen LogP contribution in [0.2, 0.25) is 0 Å². The van der Waals surface area contributed by atoms with Crippen molar-refractivity contribution in [2.45, 2.75) is 0 Å². The number of hydrogen-bond donors (Lipinski definition) is 3. The van der Waals surface area contributed by atoms with Crippen molar-refractivity contribution in [2.24, 2.45) is 5.84 Å². The number of pyridine rings is 1. The highest BCUT2D eigenvalue weighted by Crippen LogP contribution is 2.29. The van der Waals surface area contributed by atoms with Crippen molar-refractivity contribution >= 4 is 17.3 Å². The van der Waals surface area contributed by atoms with Gasteiger partial charge in [-0.15, -0.1) is 0 Å². The van der Waals surface area contributed by atoms with E-state index in [0.29, 0.717) is 6.07 Å². The summed E-state index contributed by atoms with van der Waals surface area (Å²) >= 11 is 0. The molecule has 0 radical (unpaired) electrons. The number of aromatic nitrogens is 1. The van der Waals surface area contributed by atoms with Gasteiger partial charge in [-0.25, -0.2) is 24.0 Å². The first-order chi connectivity index (χ1) is 9.55. The Hall–Kier alpha value is -2.48. The lowest BCUT2D eigenvalue weighted by molar-refractivity contribution is 0.413. The summed E-state index contributed by atoms with van der Waals surface area (Å²) in [7, 11) is 1.33. The number of benzene rings is 1. The average molecular weight is 284 g/mol. The van der Waals surface area contributed by atoms with Gasteiger partial charge in [0, 0.05) is 12.1 Å². The third kappa shape index (κ3) is 2.75. The summed E-state index contributed by atoms with van der Waals surface area (Å²) in [6.07, 6.45) is 0. The number of halogens is 3. The fraction of sp³-hybridized carbons (Fsp3) is 0.0833. The third-order valence-electron chi connectivity index (χ3n) is 2.48. The Bertz CT molecular complexity index is 636. The van der Waals surface area contributed by atoms with E-state index >= 15 is 0 Å². The van der Waals surface area contributed by atoms with E-state index in [1.165, 1.54) is 13.2 Å². The lowest BCUT2D eigenvalue weighted by Crippen LogP contribution is -2.12. The first kappa shape index (κ1) is 13.9. The molecule has 0 saturated heterocycles. The van der Waals surface area contributed by atoms with Crippen molar-refractivity contribution < 1.29 is 17.9 Å². The molecule has 0 saturated carbocycles. The van der Waals surface area contributed by atoms with Crippen LogP contribution in [-0.4, -0.2) is 12.1 Å². The van der Waals surface area contributed by atoms with E-state index in [-0.39, 0.29) is 23.1 Å². The predicted molar refractivity (Wildman–Crippen MR) is 68.2 cm³/mol. The van der Waals surface area contributed by atoms with Gasteiger partial charge >= 0.3 is 0 Å². The summed E-state index contributed by atoms with van der Waals surface area (Å²) in [5.41, 5.74) is 2.28. The molecule has 0 aliphatic heterocycles. The molecule has 1 heterocycles. The van der Waals surface area contributed by atoms with Crippen LogP contribution in [0.5, 0.6) is 5.75 Å². The third-order valence-corrected chi connectivity index (χ3v) is 2.48. The second-order valence-electron chi connectivity index (χ2n) is 3.76. The highest BCUT2D eigenvalue weighted by Gasteiger charge is 2.13. The molecule has 0 spiro atoms. The van der Waals surface area contributed by atoms with Crippen LogP contribution in [0.3, 0.4) is 0 Å². The molecule has 20 heavy (non-hydrogen) atoms. The zero-order valence-electron chi connectivity index (χ0n) is 10.4. The van der Waals surface area contributed by atoms with Gasteiger partial charge in [0.15, 0.2) is 23.3 Å². The number of nitrogen functional groups attached to an aromatic ring is 1. The molecule has 0 aliphatic carbocycles. The van der Waals surface area contributed by atoms with E-state index in [2.05, 4.69) is 10.3 Å². The summed E-state index contributed by atoms with van der Waals surface area (Å²) in [4.78, 5) is 3.64. The standard InChI is InChI=1S/C12H11F3N4O/c1-20-10-4-6(13)2-3-9(10)17-11-7(14)5-8(15)12(18-11)19-16/h2-5H,16H2,1H3,(H2,17,18,19). The van der Waals surface area contributed by atoms with Gasteiger partial charge in [-0.3, -0.25) is 0 Å². The molecule has 106 valence electrons. The summed E-state index contributed by atoms with van der Waals surface area (Å²) < 4.78 is 44.8. The number of hydrogen-bond acceptors (Lipinski definition) is 5. The number of anilines is 3. The Labute approximate surface area is 112 Å². The Morgan fingerprint density at radius 2 is 1.80 bits per heavy atom. The van der Waals surface area contributed by atoms with Crippen LogP contribution in [0.25, 0.3) is 0 Å². The molecule has 2 rings (SSSR count). The number of methoxy groups -OCH3 is 1. The van der Waals surface area contributed by atoms with Crippen LogP contribution >= 0.6 is 0 Å². The SMILES string of the molecule is COc1cc(F)ccc1Nc1nc(NN)c(F)cc1F. The minimum atomic E-state index is -0.929. The first-order valence-corrected chi connectivity index (χ1v) is 5.48. The van der Waals surface area contributed by atoms with Gasteiger partial charge in [0.25, 0.3) is 0 Å². The Kier molecular flexibility index (Phi) is 3.94. The minimum Gasteiger partial charge on any atom is -0.494 e. The normalized spacial score (nSPS) is 10.2. The molecule has 5 nitrogen and oxygen atoms in total. The topological polar surface area (TPSA) is 72.2 Å². The van der Waals surface area contributed by atoms with Crippen molar-refractivity contribution in [1.29, 1.82) is 0 Å². The van der Waals surface area contributed by atoms with Crippen LogP contribution < -0.4 is 21.3 Å². The second-order valence-corrected chi connectivity index (χ2v) is 3.76. The van der Waals surface area contributed by atoms with E-state index in [9.17, 15) is 13.2 Å². The van der Waals surface area contributed by atoms with Gasteiger partial charge in [-0.2, -0.15) is 0 Å². The maximum absolute atomic E-state index is 13.6. The van der Waals surface area contributed by atoms with E-state index in [1.807, 2.05) is 5.43 Å². The number of nitrogens with zero attached hydrogens (tertiary/aromatic N) is 1. The fourth-order valence-electron chi connectivity index (χ4n) is 1.55. The van der Waals surface area contributed by atoms with Gasteiger partial charge in [-0.05, 0) is 12.1 Å². The molecule has 4 N–H and O–H groups in total. The van der Waals surface area contributed by atoms with Crippen LogP contribution in [0.1, 0.15) is 0 Å². The molecule has 0 bridgehead atoms. The number of hydrazine groups is 1. The minimum absolute atomic E-state index is 0.151. The second kappa shape index (κ2) is 5.66. The van der Waals surface area contributed by atoms with Crippen molar-refractivity contribution in [3.05, 3.63) is 41.7 Å². The molecule has 0 fully saturated rings.